The monoisotopic (exact) mass is 548 g/mol. The first-order chi connectivity index (χ1) is 18.9. The number of aromatic nitrogens is 3. The zero-order valence-corrected chi connectivity index (χ0v) is 23.6. The van der Waals surface area contributed by atoms with Crippen molar-refractivity contribution >= 4 is 24.0 Å². The Morgan fingerprint density at radius 2 is 2.05 bits per heavy atom. The fourth-order valence-electron chi connectivity index (χ4n) is 4.67. The van der Waals surface area contributed by atoms with E-state index in [1.165, 1.54) is 13.0 Å². The molecule has 9 nitrogen and oxygen atoms in total. The van der Waals surface area contributed by atoms with Crippen molar-refractivity contribution in [2.75, 3.05) is 24.6 Å². The van der Waals surface area contributed by atoms with Crippen molar-refractivity contribution in [1.29, 1.82) is 0 Å². The summed E-state index contributed by atoms with van der Waals surface area (Å²) < 4.78 is 21.4. The second-order valence-electron chi connectivity index (χ2n) is 11.1. The number of carbonyl (C=O) groups is 1. The average molecular weight is 549 g/mol. The van der Waals surface area contributed by atoms with Crippen LogP contribution >= 0.6 is 0 Å². The molecule has 1 aliphatic rings. The van der Waals surface area contributed by atoms with E-state index in [0.717, 1.165) is 28.0 Å². The van der Waals surface area contributed by atoms with Gasteiger partial charge in [-0.2, -0.15) is 5.10 Å². The molecule has 0 radical (unpaired) electrons. The Hall–Kier alpha value is -4.05. The van der Waals surface area contributed by atoms with Crippen LogP contribution in [0.15, 0.2) is 65.8 Å². The molecule has 4 rings (SSSR count). The lowest BCUT2D eigenvalue weighted by Crippen LogP contribution is -2.53. The quantitative estimate of drug-likeness (QED) is 0.217. The summed E-state index contributed by atoms with van der Waals surface area (Å²) in [6.45, 7) is 16.0. The molecule has 40 heavy (non-hydrogen) atoms. The topological polar surface area (TPSA) is 104 Å². The third-order valence-electron chi connectivity index (χ3n) is 7.02. The number of nitrogens with one attached hydrogen (secondary N) is 1. The molecule has 3 aromatic rings. The summed E-state index contributed by atoms with van der Waals surface area (Å²) in [5.41, 5.74) is 1.98. The molecule has 0 atom stereocenters. The average Bonchev–Trinajstić information content (AvgIpc) is 3.33. The Morgan fingerprint density at radius 3 is 2.65 bits per heavy atom. The lowest BCUT2D eigenvalue weighted by Gasteiger charge is -2.40. The number of aliphatic imine (C=N–C) groups is 1. The Balaban J connectivity index is 1.53. The molecule has 0 spiro atoms. The van der Waals surface area contributed by atoms with E-state index in [1.54, 1.807) is 30.8 Å². The van der Waals surface area contributed by atoms with Crippen LogP contribution in [-0.4, -0.2) is 63.2 Å². The summed E-state index contributed by atoms with van der Waals surface area (Å²) in [5.74, 6) is 0.302. The maximum absolute atomic E-state index is 13.8. The van der Waals surface area contributed by atoms with Gasteiger partial charge >= 0.3 is 0 Å². The molecule has 1 saturated heterocycles. The molecule has 3 aromatic heterocycles. The molecule has 4 heterocycles. The number of pyridine rings is 2. The molecule has 1 fully saturated rings. The zero-order chi connectivity index (χ0) is 29.1. The Morgan fingerprint density at radius 1 is 1.32 bits per heavy atom. The number of halogens is 1. The number of piperidine rings is 1. The Kier molecular flexibility index (Phi) is 8.39. The number of hydrogen-bond donors (Lipinski definition) is 2. The van der Waals surface area contributed by atoms with E-state index in [-0.39, 0.29) is 12.2 Å². The Labute approximate surface area is 234 Å². The van der Waals surface area contributed by atoms with Gasteiger partial charge < -0.3 is 20.1 Å². The molecule has 212 valence electrons. The largest absolute Gasteiger partial charge is 0.489 e. The smallest absolute Gasteiger partial charge is 0.254 e. The maximum Gasteiger partial charge on any atom is 0.254 e. The summed E-state index contributed by atoms with van der Waals surface area (Å²) in [4.78, 5) is 23.4. The molecule has 0 bridgehead atoms. The molecule has 1 aliphatic heterocycles. The van der Waals surface area contributed by atoms with Crippen LogP contribution in [0.1, 0.15) is 46.1 Å². The van der Waals surface area contributed by atoms with Crippen LogP contribution in [-0.2, 0) is 11.3 Å². The van der Waals surface area contributed by atoms with Gasteiger partial charge in [0.05, 0.1) is 35.6 Å². The minimum atomic E-state index is -0.982. The van der Waals surface area contributed by atoms with Crippen LogP contribution in [0.3, 0.4) is 0 Å². The maximum atomic E-state index is 13.8. The van der Waals surface area contributed by atoms with E-state index in [0.29, 0.717) is 38.2 Å². The number of carbonyl (C=O) groups excluding carboxylic acids is 1. The number of amides is 1. The number of anilines is 1. The summed E-state index contributed by atoms with van der Waals surface area (Å²) >= 11 is 0. The number of nitrogens with zero attached hydrogens (tertiary/aromatic N) is 5. The minimum absolute atomic E-state index is 0.129. The predicted molar refractivity (Wildman–Crippen MR) is 155 cm³/mol. The van der Waals surface area contributed by atoms with Crippen LogP contribution in [0.25, 0.3) is 16.6 Å². The first-order valence-electron chi connectivity index (χ1n) is 13.3. The van der Waals surface area contributed by atoms with Crippen LogP contribution in [0.5, 0.6) is 5.75 Å². The summed E-state index contributed by atoms with van der Waals surface area (Å²) in [5, 5.41) is 17.5. The highest BCUT2D eigenvalue weighted by molar-refractivity contribution is 5.97. The highest BCUT2D eigenvalue weighted by Crippen LogP contribution is 2.33. The molecular formula is C30H37FN6O3. The van der Waals surface area contributed by atoms with Gasteiger partial charge in [-0.1, -0.05) is 12.7 Å². The van der Waals surface area contributed by atoms with Gasteiger partial charge in [0.15, 0.2) is 0 Å². The lowest BCUT2D eigenvalue weighted by molar-refractivity contribution is -0.119. The van der Waals surface area contributed by atoms with Crippen LogP contribution in [0, 0.1) is 0 Å². The number of allylic oxidation sites excluding steroid dienone is 1. The molecule has 0 saturated carbocycles. The number of rotatable bonds is 10. The molecule has 0 aliphatic carbocycles. The number of fused-ring (bicyclic) bond motifs is 1. The summed E-state index contributed by atoms with van der Waals surface area (Å²) in [6, 6.07) is 5.91. The van der Waals surface area contributed by atoms with Gasteiger partial charge in [-0.3, -0.25) is 9.79 Å². The van der Waals surface area contributed by atoms with Crippen molar-refractivity contribution in [2.24, 2.45) is 4.99 Å². The summed E-state index contributed by atoms with van der Waals surface area (Å²) in [7, 11) is 0. The minimum Gasteiger partial charge on any atom is -0.489 e. The standard InChI is InChI=1S/C30H37FN6O3/c1-7-25(31)20(2)28(38)35-30(5)10-12-36(13-11-30)26-9-8-21(16-33-26)24-14-23(40-19-29(3,4)39)18-37-27(24)22(15-32-6)17-34-37/h7-9,14,16-18,39H,2,6,10-13,15,19H2,1,3-5H3,(H,35,38)/b25-7+. The molecule has 1 amide bonds. The molecule has 0 aromatic carbocycles. The number of ether oxygens (including phenoxy) is 1. The van der Waals surface area contributed by atoms with E-state index in [2.05, 4.69) is 33.6 Å². The number of hydrogen-bond acceptors (Lipinski definition) is 7. The van der Waals surface area contributed by atoms with E-state index in [9.17, 15) is 14.3 Å². The second-order valence-corrected chi connectivity index (χ2v) is 11.1. The normalized spacial score (nSPS) is 15.7. The second kappa shape index (κ2) is 11.6. The van der Waals surface area contributed by atoms with Gasteiger partial charge in [-0.25, -0.2) is 13.9 Å². The highest BCUT2D eigenvalue weighted by atomic mass is 19.1. The first-order valence-corrected chi connectivity index (χ1v) is 13.3. The van der Waals surface area contributed by atoms with Gasteiger partial charge in [0, 0.05) is 41.5 Å². The van der Waals surface area contributed by atoms with Crippen molar-refractivity contribution in [3.05, 3.63) is 66.4 Å². The van der Waals surface area contributed by atoms with E-state index in [4.69, 9.17) is 9.72 Å². The van der Waals surface area contributed by atoms with Crippen LogP contribution in [0.4, 0.5) is 10.2 Å². The van der Waals surface area contributed by atoms with Crippen molar-refractivity contribution in [2.45, 2.75) is 58.2 Å². The van der Waals surface area contributed by atoms with Gasteiger partial charge in [-0.05, 0) is 65.5 Å². The molecule has 10 heteroatoms. The zero-order valence-electron chi connectivity index (χ0n) is 23.6. The van der Waals surface area contributed by atoms with Crippen molar-refractivity contribution in [3.63, 3.8) is 0 Å². The first kappa shape index (κ1) is 28.9. The van der Waals surface area contributed by atoms with E-state index >= 15 is 0 Å². The molecule has 0 unspecified atom stereocenters. The van der Waals surface area contributed by atoms with Gasteiger partial charge in [-0.15, -0.1) is 0 Å². The third kappa shape index (κ3) is 6.56. The van der Waals surface area contributed by atoms with E-state index in [1.807, 2.05) is 31.3 Å². The third-order valence-corrected chi connectivity index (χ3v) is 7.02. The fourth-order valence-corrected chi connectivity index (χ4v) is 4.67. The predicted octanol–water partition coefficient (Wildman–Crippen LogP) is 4.65. The SMILES string of the molecule is C=NCc1cnn2cc(OCC(C)(C)O)cc(-c3ccc(N4CCC(C)(NC(=O)C(=C)/C(F)=C\C)CC4)nc3)c12. The van der Waals surface area contributed by atoms with Crippen molar-refractivity contribution < 1.29 is 19.0 Å². The highest BCUT2D eigenvalue weighted by Gasteiger charge is 2.33. The number of aliphatic hydroxyl groups is 1. The van der Waals surface area contributed by atoms with Crippen LogP contribution in [0.2, 0.25) is 0 Å². The van der Waals surface area contributed by atoms with Gasteiger partial charge in [0.1, 0.15) is 24.0 Å². The van der Waals surface area contributed by atoms with Crippen molar-refractivity contribution in [1.82, 2.24) is 19.9 Å². The van der Waals surface area contributed by atoms with Gasteiger partial charge in [0.25, 0.3) is 5.91 Å². The van der Waals surface area contributed by atoms with Crippen LogP contribution < -0.4 is 15.0 Å². The summed E-state index contributed by atoms with van der Waals surface area (Å²) in [6.07, 6.45) is 7.97. The Bertz CT molecular complexity index is 1430. The van der Waals surface area contributed by atoms with Gasteiger partial charge in [0.2, 0.25) is 0 Å². The molecule has 2 N–H and O–H groups in total. The van der Waals surface area contributed by atoms with E-state index < -0.39 is 22.9 Å². The molecular weight excluding hydrogens is 511 g/mol. The lowest BCUT2D eigenvalue weighted by atomic mass is 9.89. The van der Waals surface area contributed by atoms with Crippen molar-refractivity contribution in [3.8, 4) is 16.9 Å². The fraction of sp³-hybridized carbons (Fsp3) is 0.400.